The molecular weight excluding hydrogens is 490 g/mol. The standard InChI is InChI=1S/C32H39N3O4/c1-31(2,3)22-16-20(17-23(29(22)37)32(4,5)6)26(36)19-35-25-13-10-9-12-24(25)34(30(35)33)18-21-27(38-7)14-11-15-28(21)39-8/h9-17,33,37H,18-19H2,1-8H3. The number of imidazole rings is 1. The molecule has 0 aliphatic heterocycles. The molecule has 4 aromatic rings. The first-order valence-electron chi connectivity index (χ1n) is 13.1. The molecule has 7 heteroatoms. The highest BCUT2D eigenvalue weighted by Gasteiger charge is 2.28. The summed E-state index contributed by atoms with van der Waals surface area (Å²) in [5, 5.41) is 20.2. The number of methoxy groups -OCH3 is 2. The average Bonchev–Trinajstić information content (AvgIpc) is 3.13. The maximum absolute atomic E-state index is 13.8. The van der Waals surface area contributed by atoms with Crippen LogP contribution < -0.4 is 15.1 Å². The van der Waals surface area contributed by atoms with E-state index in [1.54, 1.807) is 30.9 Å². The Morgan fingerprint density at radius 2 is 1.31 bits per heavy atom. The Kier molecular flexibility index (Phi) is 7.39. The van der Waals surface area contributed by atoms with Crippen molar-refractivity contribution in [2.45, 2.75) is 65.5 Å². The molecule has 0 bridgehead atoms. The molecule has 0 atom stereocenters. The van der Waals surface area contributed by atoms with E-state index in [0.717, 1.165) is 27.7 Å². The Hall–Kier alpha value is -4.00. The van der Waals surface area contributed by atoms with E-state index < -0.39 is 0 Å². The van der Waals surface area contributed by atoms with E-state index >= 15 is 0 Å². The summed E-state index contributed by atoms with van der Waals surface area (Å²) in [6.07, 6.45) is 0. The monoisotopic (exact) mass is 529 g/mol. The first kappa shape index (κ1) is 28.0. The van der Waals surface area contributed by atoms with Crippen LogP contribution in [-0.2, 0) is 23.9 Å². The zero-order chi connectivity index (χ0) is 28.7. The molecule has 39 heavy (non-hydrogen) atoms. The topological polar surface area (TPSA) is 89.5 Å². The van der Waals surface area contributed by atoms with Crippen LogP contribution in [-0.4, -0.2) is 34.2 Å². The van der Waals surface area contributed by atoms with Gasteiger partial charge in [-0.05, 0) is 47.2 Å². The van der Waals surface area contributed by atoms with Crippen molar-refractivity contribution in [2.24, 2.45) is 0 Å². The predicted molar refractivity (Wildman–Crippen MR) is 154 cm³/mol. The SMILES string of the molecule is COc1cccc(OC)c1Cn1c(=N)n(CC(=O)c2cc(C(C)(C)C)c(O)c(C(C)(C)C)c2)c2ccccc21. The van der Waals surface area contributed by atoms with Gasteiger partial charge in [-0.25, -0.2) is 0 Å². The Balaban J connectivity index is 1.83. The van der Waals surface area contributed by atoms with Gasteiger partial charge < -0.3 is 23.7 Å². The second-order valence-corrected chi connectivity index (χ2v) is 12.0. The molecule has 206 valence electrons. The number of nitrogens with one attached hydrogen (secondary N) is 1. The Bertz CT molecular complexity index is 1540. The van der Waals surface area contributed by atoms with Gasteiger partial charge in [-0.15, -0.1) is 0 Å². The van der Waals surface area contributed by atoms with E-state index in [9.17, 15) is 9.90 Å². The fraction of sp³-hybridized carbons (Fsp3) is 0.375. The number of carbonyl (C=O) groups is 1. The van der Waals surface area contributed by atoms with Crippen LogP contribution >= 0.6 is 0 Å². The zero-order valence-electron chi connectivity index (χ0n) is 24.2. The third-order valence-electron chi connectivity index (χ3n) is 7.17. The van der Waals surface area contributed by atoms with Crippen molar-refractivity contribution in [3.05, 3.63) is 82.5 Å². The Morgan fingerprint density at radius 1 is 0.821 bits per heavy atom. The number of phenolic OH excluding ortho intramolecular Hbond substituents is 1. The molecule has 0 spiro atoms. The number of aromatic nitrogens is 2. The number of fused-ring (bicyclic) bond motifs is 1. The van der Waals surface area contributed by atoms with E-state index in [1.807, 2.05) is 88.6 Å². The first-order valence-corrected chi connectivity index (χ1v) is 13.1. The minimum atomic E-state index is -0.349. The minimum Gasteiger partial charge on any atom is -0.507 e. The van der Waals surface area contributed by atoms with E-state index in [2.05, 4.69) is 0 Å². The first-order chi connectivity index (χ1) is 18.3. The van der Waals surface area contributed by atoms with Gasteiger partial charge in [-0.3, -0.25) is 10.2 Å². The highest BCUT2D eigenvalue weighted by atomic mass is 16.5. The van der Waals surface area contributed by atoms with Crippen molar-refractivity contribution in [3.63, 3.8) is 0 Å². The summed E-state index contributed by atoms with van der Waals surface area (Å²) >= 11 is 0. The number of aromatic hydroxyl groups is 1. The number of phenols is 1. The van der Waals surface area contributed by atoms with Crippen molar-refractivity contribution in [1.29, 1.82) is 5.41 Å². The van der Waals surface area contributed by atoms with Crippen LogP contribution in [0.4, 0.5) is 0 Å². The number of carbonyl (C=O) groups excluding carboxylic acids is 1. The lowest BCUT2D eigenvalue weighted by Crippen LogP contribution is -2.28. The molecule has 0 aliphatic carbocycles. The number of rotatable bonds is 7. The molecular formula is C32H39N3O4. The minimum absolute atomic E-state index is 0.00660. The number of para-hydroxylation sites is 2. The number of hydrogen-bond donors (Lipinski definition) is 2. The van der Waals surface area contributed by atoms with Gasteiger partial charge in [0.05, 0.1) is 43.9 Å². The molecule has 3 aromatic carbocycles. The summed E-state index contributed by atoms with van der Waals surface area (Å²) in [6, 6.07) is 16.9. The normalized spacial score (nSPS) is 12.1. The summed E-state index contributed by atoms with van der Waals surface area (Å²) in [5.41, 5.74) is 3.94. The molecule has 0 saturated heterocycles. The molecule has 1 heterocycles. The lowest BCUT2D eigenvalue weighted by molar-refractivity contribution is 0.0971. The maximum Gasteiger partial charge on any atom is 0.203 e. The highest BCUT2D eigenvalue weighted by molar-refractivity contribution is 5.97. The summed E-state index contributed by atoms with van der Waals surface area (Å²) in [4.78, 5) is 13.8. The largest absolute Gasteiger partial charge is 0.507 e. The molecule has 0 radical (unpaired) electrons. The van der Waals surface area contributed by atoms with Gasteiger partial charge in [-0.2, -0.15) is 0 Å². The van der Waals surface area contributed by atoms with Gasteiger partial charge in [0, 0.05) is 16.7 Å². The fourth-order valence-electron chi connectivity index (χ4n) is 5.03. The summed E-state index contributed by atoms with van der Waals surface area (Å²) in [5.74, 6) is 1.45. The summed E-state index contributed by atoms with van der Waals surface area (Å²) in [7, 11) is 3.23. The molecule has 7 nitrogen and oxygen atoms in total. The van der Waals surface area contributed by atoms with Crippen LogP contribution in [0.5, 0.6) is 17.2 Å². The van der Waals surface area contributed by atoms with Crippen molar-refractivity contribution in [1.82, 2.24) is 9.13 Å². The molecule has 0 fully saturated rings. The van der Waals surface area contributed by atoms with E-state index in [0.29, 0.717) is 23.6 Å². The second kappa shape index (κ2) is 10.3. The van der Waals surface area contributed by atoms with Crippen molar-refractivity contribution in [2.75, 3.05) is 14.2 Å². The van der Waals surface area contributed by atoms with Crippen LogP contribution in [0.15, 0.2) is 54.6 Å². The van der Waals surface area contributed by atoms with Crippen LogP contribution in [0.25, 0.3) is 11.0 Å². The Labute approximate surface area is 230 Å². The van der Waals surface area contributed by atoms with E-state index in [1.165, 1.54) is 0 Å². The number of ketones is 1. The average molecular weight is 530 g/mol. The van der Waals surface area contributed by atoms with E-state index in [4.69, 9.17) is 14.9 Å². The molecule has 0 unspecified atom stereocenters. The van der Waals surface area contributed by atoms with Crippen LogP contribution in [0, 0.1) is 5.41 Å². The summed E-state index contributed by atoms with van der Waals surface area (Å²) in [6.45, 7) is 12.5. The van der Waals surface area contributed by atoms with Crippen molar-refractivity contribution >= 4 is 16.8 Å². The lowest BCUT2D eigenvalue weighted by atomic mass is 9.78. The smallest absolute Gasteiger partial charge is 0.203 e. The quantitative estimate of drug-likeness (QED) is 0.280. The number of nitrogens with zero attached hydrogens (tertiary/aromatic N) is 2. The second-order valence-electron chi connectivity index (χ2n) is 12.0. The third-order valence-corrected chi connectivity index (χ3v) is 7.17. The lowest BCUT2D eigenvalue weighted by Gasteiger charge is -2.28. The van der Waals surface area contributed by atoms with Gasteiger partial charge in [-0.1, -0.05) is 59.7 Å². The Morgan fingerprint density at radius 3 is 1.77 bits per heavy atom. The molecule has 0 aliphatic rings. The number of ether oxygens (including phenoxy) is 2. The van der Waals surface area contributed by atoms with Crippen LogP contribution in [0.2, 0.25) is 0 Å². The molecule has 1 aromatic heterocycles. The number of Topliss-reactive ketones (excluding diaryl/α,β-unsaturated/α-hetero) is 1. The zero-order valence-corrected chi connectivity index (χ0v) is 24.2. The van der Waals surface area contributed by atoms with Crippen LogP contribution in [0.1, 0.15) is 68.6 Å². The predicted octanol–water partition coefficient (Wildman–Crippen LogP) is 6.17. The highest BCUT2D eigenvalue weighted by Crippen LogP contribution is 2.40. The van der Waals surface area contributed by atoms with Crippen molar-refractivity contribution < 1.29 is 19.4 Å². The van der Waals surface area contributed by atoms with E-state index in [-0.39, 0.29) is 34.5 Å². The molecule has 4 rings (SSSR count). The van der Waals surface area contributed by atoms with Gasteiger partial charge >= 0.3 is 0 Å². The number of benzene rings is 3. The molecule has 0 saturated carbocycles. The fourth-order valence-corrected chi connectivity index (χ4v) is 5.03. The van der Waals surface area contributed by atoms with Gasteiger partial charge in [0.15, 0.2) is 5.78 Å². The van der Waals surface area contributed by atoms with Crippen LogP contribution in [0.3, 0.4) is 0 Å². The van der Waals surface area contributed by atoms with Gasteiger partial charge in [0.25, 0.3) is 0 Å². The van der Waals surface area contributed by atoms with Crippen molar-refractivity contribution in [3.8, 4) is 17.2 Å². The number of hydrogen-bond acceptors (Lipinski definition) is 5. The van der Waals surface area contributed by atoms with Gasteiger partial charge in [0.1, 0.15) is 17.2 Å². The summed E-state index contributed by atoms with van der Waals surface area (Å²) < 4.78 is 14.8. The van der Waals surface area contributed by atoms with Gasteiger partial charge in [0.2, 0.25) is 5.62 Å². The third kappa shape index (κ3) is 5.31. The maximum atomic E-state index is 13.8. The molecule has 2 N–H and O–H groups in total. The molecule has 0 amide bonds.